The first kappa shape index (κ1) is 23.3. The maximum absolute atomic E-state index is 11.7. The van der Waals surface area contributed by atoms with Crippen LogP contribution in [0.2, 0.25) is 0 Å². The van der Waals surface area contributed by atoms with Gasteiger partial charge in [0.15, 0.2) is 15.5 Å². The highest BCUT2D eigenvalue weighted by Gasteiger charge is 2.24. The minimum Gasteiger partial charge on any atom is -0.438 e. The second-order valence-corrected chi connectivity index (χ2v) is 10.7. The molecule has 1 unspecified atom stereocenters. The molecule has 0 saturated carbocycles. The van der Waals surface area contributed by atoms with Crippen LogP contribution in [0.1, 0.15) is 38.6 Å². The molecule has 0 spiro atoms. The van der Waals surface area contributed by atoms with Crippen LogP contribution in [0.4, 0.5) is 0 Å². The molecule has 1 atom stereocenters. The van der Waals surface area contributed by atoms with E-state index in [0.29, 0.717) is 24.0 Å². The number of rotatable bonds is 9. The van der Waals surface area contributed by atoms with E-state index in [1.165, 1.54) is 24.7 Å². The molecule has 1 aromatic carbocycles. The lowest BCUT2D eigenvalue weighted by Crippen LogP contribution is -2.37. The van der Waals surface area contributed by atoms with E-state index in [-0.39, 0.29) is 10.9 Å². The van der Waals surface area contributed by atoms with Gasteiger partial charge in [0.25, 0.3) is 0 Å². The highest BCUT2D eigenvalue weighted by atomic mass is 32.2. The van der Waals surface area contributed by atoms with Gasteiger partial charge in [-0.25, -0.2) is 23.1 Å². The van der Waals surface area contributed by atoms with E-state index in [2.05, 4.69) is 26.9 Å². The Hall–Kier alpha value is -2.85. The van der Waals surface area contributed by atoms with Crippen LogP contribution in [0.15, 0.2) is 41.7 Å². The zero-order valence-electron chi connectivity index (χ0n) is 18.9. The van der Waals surface area contributed by atoms with Crippen molar-refractivity contribution in [3.8, 4) is 11.6 Å². The molecule has 4 rings (SSSR count). The number of ether oxygens (including phenoxy) is 1. The Morgan fingerprint density at radius 3 is 2.58 bits per heavy atom. The molecule has 1 aliphatic rings. The maximum atomic E-state index is 11.7. The Bertz CT molecular complexity index is 1200. The van der Waals surface area contributed by atoms with E-state index >= 15 is 0 Å². The van der Waals surface area contributed by atoms with Crippen molar-refractivity contribution < 1.29 is 17.9 Å². The van der Waals surface area contributed by atoms with E-state index < -0.39 is 9.84 Å². The van der Waals surface area contributed by atoms with Crippen LogP contribution in [-0.4, -0.2) is 65.2 Å². The lowest BCUT2D eigenvalue weighted by molar-refractivity contribution is -0.108. The summed E-state index contributed by atoms with van der Waals surface area (Å²) in [6, 6.07) is 6.50. The van der Waals surface area contributed by atoms with Gasteiger partial charge in [-0.3, -0.25) is 0 Å². The number of hydrogen-bond acceptors (Lipinski definition) is 8. The van der Waals surface area contributed by atoms with Gasteiger partial charge >= 0.3 is 0 Å². The van der Waals surface area contributed by atoms with Crippen LogP contribution in [0.3, 0.4) is 0 Å². The number of benzene rings is 1. The van der Waals surface area contributed by atoms with Crippen LogP contribution in [0.5, 0.6) is 11.6 Å². The van der Waals surface area contributed by atoms with Crippen molar-refractivity contribution in [3.05, 3.63) is 36.8 Å². The first-order valence-electron chi connectivity index (χ1n) is 11.2. The highest BCUT2D eigenvalue weighted by molar-refractivity contribution is 7.90. The molecule has 33 heavy (non-hydrogen) atoms. The minimum absolute atomic E-state index is 0.236. The van der Waals surface area contributed by atoms with Crippen molar-refractivity contribution in [3.63, 3.8) is 0 Å². The number of hydrogen-bond donors (Lipinski definition) is 0. The number of fused-ring (bicyclic) bond motifs is 1. The standard InChI is InChI=1S/C23H29N5O4S/c1-17(4-3-13-29)15-27-11-9-18(10-12-27)28-22-21(14-26-28)23(25-16-24-22)32-19-5-7-20(8-6-19)33(2,30)31/h5-8,13-14,16-18H,3-4,9-12,15H2,1-2H3. The number of nitrogens with zero attached hydrogens (tertiary/aromatic N) is 5. The van der Waals surface area contributed by atoms with Gasteiger partial charge in [-0.1, -0.05) is 6.92 Å². The second-order valence-electron chi connectivity index (χ2n) is 8.73. The SMILES string of the molecule is CC(CCC=O)CN1CCC(n2ncc3c(Oc4ccc(S(C)(=O)=O)cc4)ncnc32)CC1. The molecule has 176 valence electrons. The van der Waals surface area contributed by atoms with Crippen LogP contribution < -0.4 is 4.74 Å². The first-order chi connectivity index (χ1) is 15.8. The van der Waals surface area contributed by atoms with Crippen LogP contribution >= 0.6 is 0 Å². The van der Waals surface area contributed by atoms with Crippen molar-refractivity contribution in [1.29, 1.82) is 0 Å². The molecule has 10 heteroatoms. The van der Waals surface area contributed by atoms with Crippen LogP contribution in [0, 0.1) is 5.92 Å². The molecule has 0 radical (unpaired) electrons. The average Bonchev–Trinajstić information content (AvgIpc) is 3.23. The fraction of sp³-hybridized carbons (Fsp3) is 0.478. The third-order valence-electron chi connectivity index (χ3n) is 6.07. The zero-order valence-corrected chi connectivity index (χ0v) is 19.7. The van der Waals surface area contributed by atoms with E-state index in [1.54, 1.807) is 18.3 Å². The lowest BCUT2D eigenvalue weighted by Gasteiger charge is -2.33. The number of aldehydes is 1. The molecule has 9 nitrogen and oxygen atoms in total. The molecule has 2 aromatic heterocycles. The van der Waals surface area contributed by atoms with Gasteiger partial charge in [-0.05, 0) is 49.4 Å². The second kappa shape index (κ2) is 9.96. The molecule has 0 N–H and O–H groups in total. The zero-order chi connectivity index (χ0) is 23.4. The molecule has 3 aromatic rings. The van der Waals surface area contributed by atoms with E-state index in [9.17, 15) is 13.2 Å². The molecular weight excluding hydrogens is 442 g/mol. The monoisotopic (exact) mass is 471 g/mol. The Morgan fingerprint density at radius 2 is 1.91 bits per heavy atom. The summed E-state index contributed by atoms with van der Waals surface area (Å²) in [4.78, 5) is 22.0. The lowest BCUT2D eigenvalue weighted by atomic mass is 10.0. The van der Waals surface area contributed by atoms with Crippen molar-refractivity contribution in [2.24, 2.45) is 5.92 Å². The summed E-state index contributed by atoms with van der Waals surface area (Å²) < 4.78 is 31.2. The smallest absolute Gasteiger partial charge is 0.233 e. The van der Waals surface area contributed by atoms with Gasteiger partial charge in [0, 0.05) is 32.3 Å². The topological polar surface area (TPSA) is 107 Å². The molecule has 1 aliphatic heterocycles. The Balaban J connectivity index is 1.44. The summed E-state index contributed by atoms with van der Waals surface area (Å²) in [5.74, 6) is 1.39. The quantitative estimate of drug-likeness (QED) is 0.438. The largest absolute Gasteiger partial charge is 0.438 e. The third-order valence-corrected chi connectivity index (χ3v) is 7.20. The number of carbonyl (C=O) groups is 1. The van der Waals surface area contributed by atoms with Gasteiger partial charge < -0.3 is 14.4 Å². The number of sulfone groups is 1. The Kier molecular flexibility index (Phi) is 7.04. The molecule has 3 heterocycles. The summed E-state index contributed by atoms with van der Waals surface area (Å²) in [6.07, 6.45) is 8.87. The Labute approximate surface area is 193 Å². The Morgan fingerprint density at radius 1 is 1.18 bits per heavy atom. The molecule has 1 fully saturated rings. The normalized spacial score (nSPS) is 16.7. The molecule has 0 bridgehead atoms. The first-order valence-corrected chi connectivity index (χ1v) is 13.1. The van der Waals surface area contributed by atoms with Gasteiger partial charge in [0.2, 0.25) is 5.88 Å². The number of likely N-dealkylation sites (tertiary alicyclic amines) is 1. The average molecular weight is 472 g/mol. The highest BCUT2D eigenvalue weighted by Crippen LogP contribution is 2.31. The number of piperidine rings is 1. The summed E-state index contributed by atoms with van der Waals surface area (Å²) in [7, 11) is -3.26. The van der Waals surface area contributed by atoms with Crippen LogP contribution in [-0.2, 0) is 14.6 Å². The fourth-order valence-corrected chi connectivity index (χ4v) is 4.92. The third kappa shape index (κ3) is 5.56. The van der Waals surface area contributed by atoms with Crippen LogP contribution in [0.25, 0.3) is 11.0 Å². The summed E-state index contributed by atoms with van der Waals surface area (Å²) in [5.41, 5.74) is 0.727. The van der Waals surface area contributed by atoms with Gasteiger partial charge in [0.05, 0.1) is 17.1 Å². The maximum Gasteiger partial charge on any atom is 0.233 e. The van der Waals surface area contributed by atoms with Gasteiger partial charge in [-0.15, -0.1) is 0 Å². The number of aromatic nitrogens is 4. The summed E-state index contributed by atoms with van der Waals surface area (Å²) in [6.45, 7) is 5.18. The van der Waals surface area contributed by atoms with E-state index in [0.717, 1.165) is 56.2 Å². The summed E-state index contributed by atoms with van der Waals surface area (Å²) in [5, 5.41) is 5.31. The van der Waals surface area contributed by atoms with Gasteiger partial charge in [-0.2, -0.15) is 5.10 Å². The van der Waals surface area contributed by atoms with Crippen molar-refractivity contribution in [1.82, 2.24) is 24.6 Å². The minimum atomic E-state index is -3.26. The van der Waals surface area contributed by atoms with Crippen molar-refractivity contribution >= 4 is 27.2 Å². The predicted octanol–water partition coefficient (Wildman–Crippen LogP) is 3.27. The fourth-order valence-electron chi connectivity index (χ4n) is 4.29. The molecular formula is C23H29N5O4S. The van der Waals surface area contributed by atoms with Gasteiger partial charge in [0.1, 0.15) is 23.7 Å². The summed E-state index contributed by atoms with van der Waals surface area (Å²) >= 11 is 0. The van der Waals surface area contributed by atoms with Crippen molar-refractivity contribution in [2.45, 2.75) is 43.5 Å². The molecule has 0 aliphatic carbocycles. The predicted molar refractivity (Wildman–Crippen MR) is 124 cm³/mol. The molecule has 1 saturated heterocycles. The van der Waals surface area contributed by atoms with E-state index in [4.69, 9.17) is 4.74 Å². The van der Waals surface area contributed by atoms with Crippen molar-refractivity contribution in [2.75, 3.05) is 25.9 Å². The molecule has 0 amide bonds. The van der Waals surface area contributed by atoms with E-state index in [1.807, 2.05) is 4.68 Å². The number of carbonyl (C=O) groups excluding carboxylic acids is 1.